The summed E-state index contributed by atoms with van der Waals surface area (Å²) in [6.07, 6.45) is 1.05. The third-order valence-electron chi connectivity index (χ3n) is 3.29. The van der Waals surface area contributed by atoms with E-state index in [-0.39, 0.29) is 5.82 Å². The highest BCUT2D eigenvalue weighted by molar-refractivity contribution is 5.55. The number of rotatable bonds is 4. The van der Waals surface area contributed by atoms with Crippen LogP contribution in [0.25, 0.3) is 0 Å². The predicted octanol–water partition coefficient (Wildman–Crippen LogP) is 1.76. The lowest BCUT2D eigenvalue weighted by Crippen LogP contribution is -2.24. The van der Waals surface area contributed by atoms with Crippen LogP contribution in [0, 0.1) is 11.7 Å². The summed E-state index contributed by atoms with van der Waals surface area (Å²) >= 11 is 0. The Labute approximate surface area is 101 Å². The van der Waals surface area contributed by atoms with E-state index < -0.39 is 0 Å². The van der Waals surface area contributed by atoms with E-state index in [4.69, 9.17) is 10.5 Å². The van der Waals surface area contributed by atoms with Crippen LogP contribution < -0.4 is 10.6 Å². The van der Waals surface area contributed by atoms with Crippen LogP contribution >= 0.6 is 0 Å². The number of ether oxygens (including phenoxy) is 1. The number of hydrogen-bond donors (Lipinski definition) is 1. The molecule has 0 bridgehead atoms. The van der Waals surface area contributed by atoms with Gasteiger partial charge in [-0.3, -0.25) is 0 Å². The molecule has 1 unspecified atom stereocenters. The fourth-order valence-electron chi connectivity index (χ4n) is 2.49. The second kappa shape index (κ2) is 5.47. The van der Waals surface area contributed by atoms with E-state index in [9.17, 15) is 4.39 Å². The first kappa shape index (κ1) is 12.3. The molecule has 1 fully saturated rings. The maximum absolute atomic E-state index is 13.9. The zero-order valence-corrected chi connectivity index (χ0v) is 10.2. The monoisotopic (exact) mass is 238 g/mol. The summed E-state index contributed by atoms with van der Waals surface area (Å²) in [6, 6.07) is 5.10. The van der Waals surface area contributed by atoms with Gasteiger partial charge in [0, 0.05) is 32.7 Å². The second-order valence-electron chi connectivity index (χ2n) is 4.51. The summed E-state index contributed by atoms with van der Waals surface area (Å²) in [7, 11) is 1.71. The SMILES string of the molecule is COCC1CCN(c2c(F)cccc2CN)C1. The van der Waals surface area contributed by atoms with Gasteiger partial charge in [0.2, 0.25) is 0 Å². The molecule has 94 valence electrons. The largest absolute Gasteiger partial charge is 0.384 e. The molecule has 0 aromatic heterocycles. The van der Waals surface area contributed by atoms with Crippen LogP contribution in [0.2, 0.25) is 0 Å². The molecule has 1 aromatic rings. The van der Waals surface area contributed by atoms with Crippen molar-refractivity contribution >= 4 is 5.69 Å². The van der Waals surface area contributed by atoms with Crippen molar-refractivity contribution in [3.05, 3.63) is 29.6 Å². The smallest absolute Gasteiger partial charge is 0.146 e. The van der Waals surface area contributed by atoms with E-state index in [1.807, 2.05) is 6.07 Å². The molecule has 1 aliphatic heterocycles. The molecule has 0 radical (unpaired) electrons. The van der Waals surface area contributed by atoms with Gasteiger partial charge in [-0.05, 0) is 18.1 Å². The van der Waals surface area contributed by atoms with E-state index in [0.29, 0.717) is 18.2 Å². The lowest BCUT2D eigenvalue weighted by atomic mass is 10.1. The summed E-state index contributed by atoms with van der Waals surface area (Å²) in [4.78, 5) is 2.08. The third kappa shape index (κ3) is 2.58. The van der Waals surface area contributed by atoms with Gasteiger partial charge in [-0.15, -0.1) is 0 Å². The van der Waals surface area contributed by atoms with E-state index in [1.165, 1.54) is 6.07 Å². The molecule has 17 heavy (non-hydrogen) atoms. The topological polar surface area (TPSA) is 38.5 Å². The summed E-state index contributed by atoms with van der Waals surface area (Å²) in [5.74, 6) is 0.316. The number of anilines is 1. The molecule has 4 heteroatoms. The van der Waals surface area contributed by atoms with Gasteiger partial charge < -0.3 is 15.4 Å². The molecule has 0 aliphatic carbocycles. The van der Waals surface area contributed by atoms with Crippen LogP contribution in [0.3, 0.4) is 0 Å². The lowest BCUT2D eigenvalue weighted by molar-refractivity contribution is 0.161. The lowest BCUT2D eigenvalue weighted by Gasteiger charge is -2.22. The van der Waals surface area contributed by atoms with Crippen molar-refractivity contribution in [1.82, 2.24) is 0 Å². The van der Waals surface area contributed by atoms with Gasteiger partial charge in [0.05, 0.1) is 12.3 Å². The molecule has 2 rings (SSSR count). The fraction of sp³-hybridized carbons (Fsp3) is 0.538. The standard InChI is InChI=1S/C13H19FN2O/c1-17-9-10-5-6-16(8-10)13-11(7-15)3-2-4-12(13)14/h2-4,10H,5-9,15H2,1H3. The van der Waals surface area contributed by atoms with Crippen molar-refractivity contribution in [2.45, 2.75) is 13.0 Å². The first-order valence-corrected chi connectivity index (χ1v) is 5.97. The fourth-order valence-corrected chi connectivity index (χ4v) is 2.49. The Hall–Kier alpha value is -1.13. The quantitative estimate of drug-likeness (QED) is 0.868. The second-order valence-corrected chi connectivity index (χ2v) is 4.51. The number of halogens is 1. The predicted molar refractivity (Wildman–Crippen MR) is 66.5 cm³/mol. The van der Waals surface area contributed by atoms with Crippen molar-refractivity contribution < 1.29 is 9.13 Å². The molecule has 0 saturated carbocycles. The van der Waals surface area contributed by atoms with Gasteiger partial charge in [-0.1, -0.05) is 12.1 Å². The average Bonchev–Trinajstić information content (AvgIpc) is 2.77. The molecule has 1 heterocycles. The van der Waals surface area contributed by atoms with Crippen molar-refractivity contribution in [2.24, 2.45) is 11.7 Å². The molecule has 0 amide bonds. The Morgan fingerprint density at radius 2 is 2.35 bits per heavy atom. The third-order valence-corrected chi connectivity index (χ3v) is 3.29. The minimum absolute atomic E-state index is 0.175. The van der Waals surface area contributed by atoms with Crippen LogP contribution in [0.15, 0.2) is 18.2 Å². The van der Waals surface area contributed by atoms with Gasteiger partial charge in [0.15, 0.2) is 0 Å². The molecule has 1 aliphatic rings. The number of benzene rings is 1. The molecule has 1 atom stereocenters. The van der Waals surface area contributed by atoms with E-state index >= 15 is 0 Å². The highest BCUT2D eigenvalue weighted by Crippen LogP contribution is 2.29. The molecule has 2 N–H and O–H groups in total. The maximum atomic E-state index is 13.9. The normalized spacial score (nSPS) is 19.9. The van der Waals surface area contributed by atoms with Crippen LogP contribution in [0.5, 0.6) is 0 Å². The van der Waals surface area contributed by atoms with Gasteiger partial charge >= 0.3 is 0 Å². The van der Waals surface area contributed by atoms with Crippen LogP contribution in [0.4, 0.5) is 10.1 Å². The Morgan fingerprint density at radius 1 is 1.53 bits per heavy atom. The number of hydrogen-bond acceptors (Lipinski definition) is 3. The van der Waals surface area contributed by atoms with Gasteiger partial charge in [-0.25, -0.2) is 4.39 Å². The van der Waals surface area contributed by atoms with Gasteiger partial charge in [-0.2, -0.15) is 0 Å². The van der Waals surface area contributed by atoms with Gasteiger partial charge in [0.1, 0.15) is 5.82 Å². The van der Waals surface area contributed by atoms with Crippen molar-refractivity contribution in [2.75, 3.05) is 31.7 Å². The van der Waals surface area contributed by atoms with Gasteiger partial charge in [0.25, 0.3) is 0 Å². The minimum Gasteiger partial charge on any atom is -0.384 e. The number of para-hydroxylation sites is 1. The molecular formula is C13H19FN2O. The summed E-state index contributed by atoms with van der Waals surface area (Å²) in [6.45, 7) is 2.84. The summed E-state index contributed by atoms with van der Waals surface area (Å²) < 4.78 is 19.0. The Kier molecular flexibility index (Phi) is 3.97. The molecule has 1 saturated heterocycles. The van der Waals surface area contributed by atoms with Crippen LogP contribution in [0.1, 0.15) is 12.0 Å². The highest BCUT2D eigenvalue weighted by Gasteiger charge is 2.25. The zero-order valence-electron chi connectivity index (χ0n) is 10.2. The molecule has 0 spiro atoms. The first-order chi connectivity index (χ1) is 8.26. The number of methoxy groups -OCH3 is 1. The van der Waals surface area contributed by atoms with E-state index in [1.54, 1.807) is 13.2 Å². The van der Waals surface area contributed by atoms with E-state index in [2.05, 4.69) is 4.90 Å². The minimum atomic E-state index is -0.175. The summed E-state index contributed by atoms with van der Waals surface area (Å²) in [5.41, 5.74) is 7.21. The maximum Gasteiger partial charge on any atom is 0.146 e. The van der Waals surface area contributed by atoms with Crippen molar-refractivity contribution in [1.29, 1.82) is 0 Å². The van der Waals surface area contributed by atoms with E-state index in [0.717, 1.165) is 31.7 Å². The Balaban J connectivity index is 2.18. The molecule has 1 aromatic carbocycles. The molecular weight excluding hydrogens is 219 g/mol. The number of nitrogens with zero attached hydrogens (tertiary/aromatic N) is 1. The number of nitrogens with two attached hydrogens (primary N) is 1. The Bertz CT molecular complexity index is 384. The first-order valence-electron chi connectivity index (χ1n) is 5.97. The van der Waals surface area contributed by atoms with Crippen LogP contribution in [-0.2, 0) is 11.3 Å². The zero-order chi connectivity index (χ0) is 12.3. The average molecular weight is 238 g/mol. The van der Waals surface area contributed by atoms with Crippen molar-refractivity contribution in [3.63, 3.8) is 0 Å². The Morgan fingerprint density at radius 3 is 3.06 bits per heavy atom. The molecule has 3 nitrogen and oxygen atoms in total. The highest BCUT2D eigenvalue weighted by atomic mass is 19.1. The summed E-state index contributed by atoms with van der Waals surface area (Å²) in [5, 5.41) is 0. The van der Waals surface area contributed by atoms with Crippen LogP contribution in [-0.4, -0.2) is 26.8 Å². The van der Waals surface area contributed by atoms with Crippen molar-refractivity contribution in [3.8, 4) is 0 Å².